The Bertz CT molecular complexity index is 830. The van der Waals surface area contributed by atoms with Crippen molar-refractivity contribution in [3.05, 3.63) is 71.8 Å². The molecule has 2 aromatic rings. The van der Waals surface area contributed by atoms with Gasteiger partial charge in [0.2, 0.25) is 10.0 Å². The summed E-state index contributed by atoms with van der Waals surface area (Å²) in [6, 6.07) is 17.3. The average molecular weight is 371 g/mol. The predicted octanol–water partition coefficient (Wildman–Crippen LogP) is 3.40. The molecule has 138 valence electrons. The van der Waals surface area contributed by atoms with Crippen molar-refractivity contribution >= 4 is 16.1 Å². The van der Waals surface area contributed by atoms with Crippen molar-refractivity contribution in [1.29, 1.82) is 0 Å². The van der Waals surface area contributed by atoms with Gasteiger partial charge in [-0.3, -0.25) is 4.90 Å². The molecule has 2 aromatic carbocycles. The van der Waals surface area contributed by atoms with E-state index in [4.69, 9.17) is 0 Å². The van der Waals surface area contributed by atoms with Crippen LogP contribution >= 0.6 is 0 Å². The van der Waals surface area contributed by atoms with Gasteiger partial charge in [-0.2, -0.15) is 4.31 Å². The summed E-state index contributed by atoms with van der Waals surface area (Å²) in [5, 5.41) is 0. The van der Waals surface area contributed by atoms with E-state index in [1.54, 1.807) is 16.4 Å². The summed E-state index contributed by atoms with van der Waals surface area (Å²) >= 11 is 0. The number of sulfonamides is 1. The summed E-state index contributed by atoms with van der Waals surface area (Å²) in [6.45, 7) is 5.59. The van der Waals surface area contributed by atoms with Crippen molar-refractivity contribution in [1.82, 2.24) is 9.21 Å². The van der Waals surface area contributed by atoms with Gasteiger partial charge in [0.05, 0.1) is 4.90 Å². The molecule has 1 aliphatic rings. The van der Waals surface area contributed by atoms with Gasteiger partial charge < -0.3 is 0 Å². The Kier molecular flexibility index (Phi) is 6.25. The molecule has 0 spiro atoms. The minimum atomic E-state index is -3.40. The summed E-state index contributed by atoms with van der Waals surface area (Å²) in [6.07, 6.45) is 5.12. The Morgan fingerprint density at radius 2 is 1.65 bits per heavy atom. The summed E-state index contributed by atoms with van der Waals surface area (Å²) in [5.74, 6) is 0. The van der Waals surface area contributed by atoms with Crippen LogP contribution in [0.5, 0.6) is 0 Å². The number of hydrogen-bond acceptors (Lipinski definition) is 3. The predicted molar refractivity (Wildman–Crippen MR) is 106 cm³/mol. The fourth-order valence-corrected chi connectivity index (χ4v) is 4.60. The first kappa shape index (κ1) is 18.8. The van der Waals surface area contributed by atoms with Gasteiger partial charge in [0.25, 0.3) is 0 Å². The van der Waals surface area contributed by atoms with Crippen molar-refractivity contribution in [2.75, 3.05) is 32.7 Å². The number of aryl methyl sites for hydroxylation is 1. The molecular weight excluding hydrogens is 344 g/mol. The maximum absolute atomic E-state index is 12.9. The molecule has 5 heteroatoms. The fraction of sp³-hybridized carbons (Fsp3) is 0.333. The van der Waals surface area contributed by atoms with Crippen molar-refractivity contribution in [2.45, 2.75) is 18.2 Å². The molecular formula is C21H26N2O2S. The number of rotatable bonds is 5. The zero-order chi connectivity index (χ0) is 18.4. The zero-order valence-corrected chi connectivity index (χ0v) is 16.0. The molecule has 0 aromatic heterocycles. The van der Waals surface area contributed by atoms with Crippen LogP contribution in [0.15, 0.2) is 65.6 Å². The minimum Gasteiger partial charge on any atom is -0.298 e. The van der Waals surface area contributed by atoms with E-state index >= 15 is 0 Å². The molecule has 3 rings (SSSR count). The molecule has 0 radical (unpaired) electrons. The Balaban J connectivity index is 1.59. The fourth-order valence-electron chi connectivity index (χ4n) is 3.13. The number of hydrogen-bond donors (Lipinski definition) is 0. The first-order valence-corrected chi connectivity index (χ1v) is 10.5. The maximum Gasteiger partial charge on any atom is 0.243 e. The molecule has 0 atom stereocenters. The van der Waals surface area contributed by atoms with Crippen LogP contribution in [0.1, 0.15) is 17.5 Å². The summed E-state index contributed by atoms with van der Waals surface area (Å²) in [5.41, 5.74) is 2.25. The van der Waals surface area contributed by atoms with Crippen molar-refractivity contribution < 1.29 is 8.42 Å². The zero-order valence-electron chi connectivity index (χ0n) is 15.2. The largest absolute Gasteiger partial charge is 0.298 e. The molecule has 0 unspecified atom stereocenters. The van der Waals surface area contributed by atoms with Gasteiger partial charge >= 0.3 is 0 Å². The molecule has 1 aliphatic heterocycles. The normalized spacial score (nSPS) is 17.4. The highest BCUT2D eigenvalue weighted by Gasteiger charge is 2.26. The Labute approximate surface area is 156 Å². The highest BCUT2D eigenvalue weighted by atomic mass is 32.2. The van der Waals surface area contributed by atoms with Crippen LogP contribution in [0.3, 0.4) is 0 Å². The minimum absolute atomic E-state index is 0.389. The van der Waals surface area contributed by atoms with E-state index in [1.807, 2.05) is 37.3 Å². The quantitative estimate of drug-likeness (QED) is 0.810. The lowest BCUT2D eigenvalue weighted by Gasteiger charge is -2.21. The van der Waals surface area contributed by atoms with E-state index in [-0.39, 0.29) is 0 Å². The summed E-state index contributed by atoms with van der Waals surface area (Å²) in [7, 11) is -3.40. The molecule has 0 bridgehead atoms. The lowest BCUT2D eigenvalue weighted by atomic mass is 10.2. The first-order valence-electron chi connectivity index (χ1n) is 9.06. The number of nitrogens with zero attached hydrogens (tertiary/aromatic N) is 2. The lowest BCUT2D eigenvalue weighted by Crippen LogP contribution is -2.35. The van der Waals surface area contributed by atoms with Crippen molar-refractivity contribution in [3.63, 3.8) is 0 Å². The van der Waals surface area contributed by atoms with Gasteiger partial charge in [-0.05, 0) is 37.6 Å². The molecule has 0 aliphatic carbocycles. The average Bonchev–Trinajstić information content (AvgIpc) is 2.89. The lowest BCUT2D eigenvalue weighted by molar-refractivity contribution is 0.316. The van der Waals surface area contributed by atoms with Gasteiger partial charge in [-0.15, -0.1) is 0 Å². The van der Waals surface area contributed by atoms with Crippen LogP contribution in [0.2, 0.25) is 0 Å². The molecule has 0 N–H and O–H groups in total. The molecule has 4 nitrogen and oxygen atoms in total. The van der Waals surface area contributed by atoms with Gasteiger partial charge in [0.15, 0.2) is 0 Å². The highest BCUT2D eigenvalue weighted by Crippen LogP contribution is 2.18. The summed E-state index contributed by atoms with van der Waals surface area (Å²) < 4.78 is 27.3. The molecule has 1 saturated heterocycles. The van der Waals surface area contributed by atoms with E-state index in [0.29, 0.717) is 18.0 Å². The molecule has 1 fully saturated rings. The smallest absolute Gasteiger partial charge is 0.243 e. The van der Waals surface area contributed by atoms with Gasteiger partial charge in [-0.1, -0.05) is 60.2 Å². The molecule has 0 amide bonds. The van der Waals surface area contributed by atoms with Crippen LogP contribution < -0.4 is 0 Å². The van der Waals surface area contributed by atoms with Crippen LogP contribution in [-0.2, 0) is 10.0 Å². The standard InChI is InChI=1S/C21H26N2O2S/c1-19-10-12-21(13-11-19)26(24,25)23-16-6-15-22(17-18-23)14-5-9-20-7-3-2-4-8-20/h2-5,7-13H,6,14-18H2,1H3. The second kappa shape index (κ2) is 8.62. The van der Waals surface area contributed by atoms with Gasteiger partial charge in [0.1, 0.15) is 0 Å². The van der Waals surface area contributed by atoms with Crippen LogP contribution in [-0.4, -0.2) is 50.3 Å². The molecule has 26 heavy (non-hydrogen) atoms. The third-order valence-corrected chi connectivity index (χ3v) is 6.59. The summed E-state index contributed by atoms with van der Waals surface area (Å²) in [4.78, 5) is 2.70. The second-order valence-electron chi connectivity index (χ2n) is 6.68. The number of benzene rings is 2. The van der Waals surface area contributed by atoms with Crippen LogP contribution in [0, 0.1) is 6.92 Å². The Morgan fingerprint density at radius 3 is 2.38 bits per heavy atom. The molecule has 0 saturated carbocycles. The highest BCUT2D eigenvalue weighted by molar-refractivity contribution is 7.89. The third kappa shape index (κ3) is 4.81. The van der Waals surface area contributed by atoms with Crippen molar-refractivity contribution in [2.24, 2.45) is 0 Å². The Hall–Kier alpha value is -1.95. The SMILES string of the molecule is Cc1ccc(S(=O)(=O)N2CCCN(CC=Cc3ccccc3)CC2)cc1. The van der Waals surface area contributed by atoms with E-state index in [1.165, 1.54) is 5.56 Å². The molecule has 1 heterocycles. The van der Waals surface area contributed by atoms with E-state index in [0.717, 1.165) is 31.6 Å². The van der Waals surface area contributed by atoms with E-state index in [2.05, 4.69) is 29.2 Å². The van der Waals surface area contributed by atoms with E-state index in [9.17, 15) is 8.42 Å². The van der Waals surface area contributed by atoms with Gasteiger partial charge in [0, 0.05) is 26.2 Å². The van der Waals surface area contributed by atoms with Gasteiger partial charge in [-0.25, -0.2) is 8.42 Å². The first-order chi connectivity index (χ1) is 12.6. The van der Waals surface area contributed by atoms with E-state index < -0.39 is 10.0 Å². The van der Waals surface area contributed by atoms with Crippen LogP contribution in [0.25, 0.3) is 6.08 Å². The topological polar surface area (TPSA) is 40.6 Å². The monoisotopic (exact) mass is 370 g/mol. The Morgan fingerprint density at radius 1 is 0.923 bits per heavy atom. The maximum atomic E-state index is 12.9. The van der Waals surface area contributed by atoms with Crippen molar-refractivity contribution in [3.8, 4) is 0 Å². The van der Waals surface area contributed by atoms with Crippen LogP contribution in [0.4, 0.5) is 0 Å². The second-order valence-corrected chi connectivity index (χ2v) is 8.62. The third-order valence-electron chi connectivity index (χ3n) is 4.68.